The van der Waals surface area contributed by atoms with E-state index >= 15 is 0 Å². The van der Waals surface area contributed by atoms with Crippen molar-refractivity contribution in [2.45, 2.75) is 11.8 Å². The molecule has 0 heterocycles. The van der Waals surface area contributed by atoms with Crippen molar-refractivity contribution < 1.29 is 9.53 Å². The van der Waals surface area contributed by atoms with E-state index < -0.39 is 4.83 Å². The van der Waals surface area contributed by atoms with Crippen LogP contribution in [0.5, 0.6) is 5.75 Å². The molecule has 4 heteroatoms. The third kappa shape index (κ3) is 2.07. The zero-order valence-electron chi connectivity index (χ0n) is 8.08. The van der Waals surface area contributed by atoms with Gasteiger partial charge in [-0.1, -0.05) is 22.0 Å². The van der Waals surface area contributed by atoms with Crippen molar-refractivity contribution in [1.82, 2.24) is 0 Å². The molecule has 0 saturated heterocycles. The van der Waals surface area contributed by atoms with E-state index in [0.717, 1.165) is 0 Å². The Hall–Kier alpha value is -1.03. The van der Waals surface area contributed by atoms with Crippen LogP contribution in [0.3, 0.4) is 0 Å². The Morgan fingerprint density at radius 3 is 2.71 bits per heavy atom. The minimum absolute atomic E-state index is 0.00111. The molecule has 0 fully saturated rings. The second kappa shape index (κ2) is 4.46. The average molecular weight is 258 g/mol. The van der Waals surface area contributed by atoms with Gasteiger partial charge in [-0.3, -0.25) is 4.79 Å². The summed E-state index contributed by atoms with van der Waals surface area (Å²) in [5.74, 6) is 0.628. The average Bonchev–Trinajstić information content (AvgIpc) is 2.16. The highest BCUT2D eigenvalue weighted by Crippen LogP contribution is 2.35. The lowest BCUT2D eigenvalue weighted by atomic mass is 10.1. The van der Waals surface area contributed by atoms with Crippen molar-refractivity contribution in [3.05, 3.63) is 23.8 Å². The van der Waals surface area contributed by atoms with Gasteiger partial charge in [-0.15, -0.1) is 0 Å². The first-order chi connectivity index (χ1) is 6.57. The number of rotatable bonds is 3. The molecule has 1 aromatic rings. The van der Waals surface area contributed by atoms with Crippen molar-refractivity contribution in [2.24, 2.45) is 0 Å². The molecule has 0 aliphatic rings. The number of carbonyl (C=O) groups is 1. The summed E-state index contributed by atoms with van der Waals surface area (Å²) in [6, 6.07) is 5.31. The molecule has 0 saturated carbocycles. The van der Waals surface area contributed by atoms with Gasteiger partial charge >= 0.3 is 0 Å². The summed E-state index contributed by atoms with van der Waals surface area (Å²) >= 11 is 3.28. The predicted octanol–water partition coefficient (Wildman–Crippen LogP) is 2.30. The topological polar surface area (TPSA) is 52.3 Å². The van der Waals surface area contributed by atoms with Crippen LogP contribution in [0.15, 0.2) is 18.2 Å². The number of halogens is 1. The van der Waals surface area contributed by atoms with E-state index in [1.165, 1.54) is 6.92 Å². The van der Waals surface area contributed by atoms with Gasteiger partial charge < -0.3 is 10.5 Å². The van der Waals surface area contributed by atoms with Gasteiger partial charge in [-0.2, -0.15) is 0 Å². The molecule has 1 aromatic carbocycles. The van der Waals surface area contributed by atoms with Crippen LogP contribution in [0.1, 0.15) is 17.3 Å². The number of ketones is 1. The molecule has 0 spiro atoms. The van der Waals surface area contributed by atoms with E-state index in [2.05, 4.69) is 15.9 Å². The number of hydrogen-bond acceptors (Lipinski definition) is 3. The standard InChI is InChI=1S/C10H12BrNO2/c1-6(13)10(11)9-7(12)4-3-5-8(9)14-2/h3-5,10H,12H2,1-2H3. The highest BCUT2D eigenvalue weighted by molar-refractivity contribution is 9.09. The number of benzene rings is 1. The van der Waals surface area contributed by atoms with Crippen molar-refractivity contribution in [3.63, 3.8) is 0 Å². The zero-order valence-corrected chi connectivity index (χ0v) is 9.67. The fourth-order valence-corrected chi connectivity index (χ4v) is 1.70. The van der Waals surface area contributed by atoms with Crippen LogP contribution < -0.4 is 10.5 Å². The molecule has 0 amide bonds. The Balaban J connectivity index is 3.23. The Morgan fingerprint density at radius 1 is 1.57 bits per heavy atom. The lowest BCUT2D eigenvalue weighted by Gasteiger charge is -2.14. The first kappa shape index (κ1) is 11.0. The number of Topliss-reactive ketones (excluding diaryl/α,β-unsaturated/α-hetero) is 1. The van der Waals surface area contributed by atoms with Crippen LogP contribution in [0.4, 0.5) is 5.69 Å². The van der Waals surface area contributed by atoms with Gasteiger partial charge in [0.2, 0.25) is 0 Å². The van der Waals surface area contributed by atoms with Crippen LogP contribution in [-0.2, 0) is 4.79 Å². The number of hydrogen-bond donors (Lipinski definition) is 1. The molecule has 1 atom stereocenters. The second-order valence-corrected chi connectivity index (χ2v) is 3.85. The number of alkyl halides is 1. The van der Waals surface area contributed by atoms with Gasteiger partial charge in [-0.05, 0) is 19.1 Å². The van der Waals surface area contributed by atoms with Crippen LogP contribution >= 0.6 is 15.9 Å². The Labute approximate surface area is 91.4 Å². The first-order valence-electron chi connectivity index (χ1n) is 4.14. The van der Waals surface area contributed by atoms with Crippen molar-refractivity contribution in [2.75, 3.05) is 12.8 Å². The maximum atomic E-state index is 11.2. The van der Waals surface area contributed by atoms with Crippen LogP contribution in [0.25, 0.3) is 0 Å². The number of anilines is 1. The van der Waals surface area contributed by atoms with E-state index in [1.807, 2.05) is 0 Å². The molecule has 76 valence electrons. The largest absolute Gasteiger partial charge is 0.496 e. The van der Waals surface area contributed by atoms with Crippen molar-refractivity contribution in [1.29, 1.82) is 0 Å². The van der Waals surface area contributed by atoms with Gasteiger partial charge in [0.25, 0.3) is 0 Å². The number of carbonyl (C=O) groups excluding carboxylic acids is 1. The minimum Gasteiger partial charge on any atom is -0.496 e. The Bertz CT molecular complexity index is 352. The van der Waals surface area contributed by atoms with E-state index in [9.17, 15) is 4.79 Å². The first-order valence-corrected chi connectivity index (χ1v) is 5.06. The predicted molar refractivity (Wildman–Crippen MR) is 59.8 cm³/mol. The molecule has 1 unspecified atom stereocenters. The summed E-state index contributed by atoms with van der Waals surface area (Å²) in [6.07, 6.45) is 0. The van der Waals surface area contributed by atoms with Crippen LogP contribution in [0, 0.1) is 0 Å². The van der Waals surface area contributed by atoms with Gasteiger partial charge in [0, 0.05) is 11.3 Å². The normalized spacial score (nSPS) is 12.2. The number of methoxy groups -OCH3 is 1. The van der Waals surface area contributed by atoms with Gasteiger partial charge in [0.1, 0.15) is 16.4 Å². The van der Waals surface area contributed by atoms with E-state index in [1.54, 1.807) is 25.3 Å². The summed E-state index contributed by atoms with van der Waals surface area (Å²) in [7, 11) is 1.55. The number of nitrogen functional groups attached to an aromatic ring is 1. The Kier molecular flexibility index (Phi) is 3.52. The second-order valence-electron chi connectivity index (χ2n) is 2.94. The smallest absolute Gasteiger partial charge is 0.148 e. The summed E-state index contributed by atoms with van der Waals surface area (Å²) in [5, 5.41) is 0. The summed E-state index contributed by atoms with van der Waals surface area (Å²) in [4.78, 5) is 10.8. The maximum absolute atomic E-state index is 11.2. The van der Waals surface area contributed by atoms with Gasteiger partial charge in [0.05, 0.1) is 7.11 Å². The van der Waals surface area contributed by atoms with E-state index in [0.29, 0.717) is 17.0 Å². The molecule has 0 bridgehead atoms. The molecule has 1 rings (SSSR count). The lowest BCUT2D eigenvalue weighted by molar-refractivity contribution is -0.116. The quantitative estimate of drug-likeness (QED) is 0.668. The Morgan fingerprint density at radius 2 is 2.21 bits per heavy atom. The third-order valence-electron chi connectivity index (χ3n) is 1.93. The van der Waals surface area contributed by atoms with Crippen molar-refractivity contribution in [3.8, 4) is 5.75 Å². The molecule has 0 aliphatic heterocycles. The third-order valence-corrected chi connectivity index (χ3v) is 3.03. The van der Waals surface area contributed by atoms with Crippen molar-refractivity contribution >= 4 is 27.4 Å². The van der Waals surface area contributed by atoms with Gasteiger partial charge in [0.15, 0.2) is 0 Å². The van der Waals surface area contributed by atoms with Crippen LogP contribution in [-0.4, -0.2) is 12.9 Å². The lowest BCUT2D eigenvalue weighted by Crippen LogP contribution is -2.06. The molecule has 0 radical (unpaired) electrons. The highest BCUT2D eigenvalue weighted by Gasteiger charge is 2.19. The molecule has 0 aliphatic carbocycles. The minimum atomic E-state index is -0.404. The SMILES string of the molecule is COc1cccc(N)c1C(Br)C(C)=O. The monoisotopic (exact) mass is 257 g/mol. The molecule has 3 nitrogen and oxygen atoms in total. The molecule has 0 aromatic heterocycles. The number of nitrogens with two attached hydrogens (primary N) is 1. The number of ether oxygens (including phenoxy) is 1. The van der Waals surface area contributed by atoms with Gasteiger partial charge in [-0.25, -0.2) is 0 Å². The molecule has 2 N–H and O–H groups in total. The highest BCUT2D eigenvalue weighted by atomic mass is 79.9. The fourth-order valence-electron chi connectivity index (χ4n) is 1.21. The molecular weight excluding hydrogens is 246 g/mol. The van der Waals surface area contributed by atoms with E-state index in [4.69, 9.17) is 10.5 Å². The van der Waals surface area contributed by atoms with Crippen LogP contribution in [0.2, 0.25) is 0 Å². The maximum Gasteiger partial charge on any atom is 0.148 e. The molecular formula is C10H12BrNO2. The summed E-state index contributed by atoms with van der Waals surface area (Å²) in [5.41, 5.74) is 7.03. The van der Waals surface area contributed by atoms with E-state index in [-0.39, 0.29) is 5.78 Å². The zero-order chi connectivity index (χ0) is 10.7. The fraction of sp³-hybridized carbons (Fsp3) is 0.300. The summed E-state index contributed by atoms with van der Waals surface area (Å²) < 4.78 is 5.14. The molecule has 14 heavy (non-hydrogen) atoms. The summed E-state index contributed by atoms with van der Waals surface area (Å²) in [6.45, 7) is 1.51.